The molecule has 0 aromatic rings. The van der Waals surface area contributed by atoms with Gasteiger partial charge in [-0.3, -0.25) is 0 Å². The molecule has 0 aliphatic rings. The normalized spacial score (nSPS) is 20.2. The van der Waals surface area contributed by atoms with E-state index in [0.717, 1.165) is 0 Å². The fourth-order valence-corrected chi connectivity index (χ4v) is 4.67. The predicted molar refractivity (Wildman–Crippen MR) is 272 cm³/mol. The van der Waals surface area contributed by atoms with Crippen LogP contribution in [0.25, 0.3) is 0 Å². The molecule has 0 radical (unpaired) electrons. The third kappa shape index (κ3) is 41.5. The Morgan fingerprint density at radius 3 is 0.348 bits per heavy atom. The van der Waals surface area contributed by atoms with Crippen LogP contribution in [0.2, 0.25) is 0 Å². The third-order valence-corrected chi connectivity index (χ3v) is 10.5. The molecule has 0 saturated carbocycles. The van der Waals surface area contributed by atoms with Gasteiger partial charge in [-0.15, -0.1) is 0 Å². The number of hydrogen-bond donors (Lipinski definition) is 40. The zero-order valence-electron chi connectivity index (χ0n) is 46.9. The first-order valence-electron chi connectivity index (χ1n) is 24.3. The number of aliphatic hydroxyl groups is 35. The van der Waals surface area contributed by atoms with Crippen molar-refractivity contribution in [2.24, 2.45) is 0 Å². The van der Waals surface area contributed by atoms with Crippen LogP contribution < -0.4 is 10.2 Å². The minimum Gasteiger partial charge on any atom is -0.547 e. The Balaban J connectivity index is -0.000000149. The summed E-state index contributed by atoms with van der Waals surface area (Å²) < 4.78 is 0. The number of carbonyl (C=O) groups excluding carboxylic acids is 2. The minimum absolute atomic E-state index is 0. The van der Waals surface area contributed by atoms with E-state index in [-0.39, 0.29) is 23.1 Å². The second-order valence-electron chi connectivity index (χ2n) is 17.6. The van der Waals surface area contributed by atoms with E-state index in [1.54, 1.807) is 0 Å². The molecule has 0 aliphatic carbocycles. The van der Waals surface area contributed by atoms with Gasteiger partial charge in [0.05, 0.1) is 58.2 Å². The van der Waals surface area contributed by atoms with E-state index in [0.29, 0.717) is 0 Å². The van der Waals surface area contributed by atoms with Crippen molar-refractivity contribution in [3.8, 4) is 0 Å². The van der Waals surface area contributed by atoms with E-state index in [1.165, 1.54) is 0 Å². The summed E-state index contributed by atoms with van der Waals surface area (Å²) in [5.41, 5.74) is 0. The Labute approximate surface area is 528 Å². The molecule has 0 aromatic carbocycles. The molecule has 0 bridgehead atoms. The average molecular weight is 1400 g/mol. The van der Waals surface area contributed by atoms with Crippen molar-refractivity contribution in [2.45, 2.75) is 171 Å². The molecule has 92 heavy (non-hydrogen) atoms. The Bertz CT molecular complexity index is 1570. The number of carboxylic acid groups (broad SMARTS) is 7. The van der Waals surface area contributed by atoms with E-state index < -0.39 is 259 Å². The number of hydrogen-bond acceptors (Lipinski definition) is 44. The van der Waals surface area contributed by atoms with Gasteiger partial charge in [-0.2, -0.15) is 0 Å². The maximum absolute atomic E-state index is 10.1. The summed E-state index contributed by atoms with van der Waals surface area (Å²) >= 11 is 0. The van der Waals surface area contributed by atoms with Crippen molar-refractivity contribution in [1.29, 1.82) is 0 Å². The SMILES string of the molecule is O=C(O)[C@H](O)[C@@H](O)[C@H](O)[C@H](O)CO.O=C(O)[C@H](O)[C@@H](O)[C@H](O)[C@H](O)CO.O=C(O)[C@H](O)[C@@H](O)[C@H](O)[C@H](O)CO.O=C(O)[C@H](O)[C@@H](O)[C@H](O)[C@H](O)CO.O=C(O)[C@H](O)[C@@H](O)[C@H](O)[C@H](O)CO.O=C([O-])[C@H](O)[C@@H](O)[C@H](O)[C@H](O)CO.O=C([O-])[C@H](O)[C@@H](O)[C@H](O)[C@H](O)CO.[Mg+2]. The van der Waals surface area contributed by atoms with Gasteiger partial charge in [-0.25, -0.2) is 24.0 Å². The fraction of sp³-hybridized carbons (Fsp3) is 0.833. The summed E-state index contributed by atoms with van der Waals surface area (Å²) in [5, 5.41) is 366. The number of aliphatic hydroxyl groups excluding tert-OH is 35. The first kappa shape index (κ1) is 104. The first-order chi connectivity index (χ1) is 41.4. The van der Waals surface area contributed by atoms with Gasteiger partial charge in [0.15, 0.2) is 30.5 Å². The Morgan fingerprint density at radius 2 is 0.283 bits per heavy atom. The van der Waals surface area contributed by atoms with Gasteiger partial charge in [-0.05, 0) is 0 Å². The quantitative estimate of drug-likeness (QED) is 0.0262. The summed E-state index contributed by atoms with van der Waals surface area (Å²) in [6, 6.07) is 0. The smallest absolute Gasteiger partial charge is 0.547 e. The van der Waals surface area contributed by atoms with Crippen molar-refractivity contribution in [3.05, 3.63) is 0 Å². The molecule has 50 heteroatoms. The maximum atomic E-state index is 10.1. The molecule has 0 heterocycles. The van der Waals surface area contributed by atoms with Crippen LogP contribution in [-0.4, -0.2) is 486 Å². The van der Waals surface area contributed by atoms with Gasteiger partial charge >= 0.3 is 52.9 Å². The Morgan fingerprint density at radius 1 is 0.196 bits per heavy atom. The molecule has 40 N–H and O–H groups in total. The van der Waals surface area contributed by atoms with Crippen LogP contribution in [0.4, 0.5) is 0 Å². The second-order valence-corrected chi connectivity index (χ2v) is 17.6. The zero-order valence-corrected chi connectivity index (χ0v) is 48.3. The third-order valence-electron chi connectivity index (χ3n) is 10.5. The fourth-order valence-electron chi connectivity index (χ4n) is 4.67. The van der Waals surface area contributed by atoms with E-state index >= 15 is 0 Å². The monoisotopic (exact) mass is 1390 g/mol. The molecule has 0 unspecified atom stereocenters. The van der Waals surface area contributed by atoms with Crippen molar-refractivity contribution in [2.75, 3.05) is 46.2 Å². The van der Waals surface area contributed by atoms with E-state index in [2.05, 4.69) is 0 Å². The van der Waals surface area contributed by atoms with E-state index in [1.807, 2.05) is 0 Å². The van der Waals surface area contributed by atoms with Gasteiger partial charge in [0.2, 0.25) is 0 Å². The molecule has 49 nitrogen and oxygen atoms in total. The van der Waals surface area contributed by atoms with Crippen LogP contribution in [0.15, 0.2) is 0 Å². The average Bonchev–Trinajstić information content (AvgIpc) is 2.31. The maximum Gasteiger partial charge on any atom is 2.00 e. The Hall–Kier alpha value is -4.34. The summed E-state index contributed by atoms with van der Waals surface area (Å²) in [6.07, 6.45) is -55.3. The van der Waals surface area contributed by atoms with Crippen LogP contribution in [0.5, 0.6) is 0 Å². The van der Waals surface area contributed by atoms with Gasteiger partial charge in [0.1, 0.15) is 140 Å². The molecular weight excluding hydrogens is 1310 g/mol. The van der Waals surface area contributed by atoms with E-state index in [9.17, 15) is 43.8 Å². The molecule has 0 fully saturated rings. The molecule has 0 amide bonds. The van der Waals surface area contributed by atoms with Crippen molar-refractivity contribution < 1.29 is 248 Å². The first-order valence-corrected chi connectivity index (χ1v) is 24.3. The molecule has 0 spiro atoms. The minimum atomic E-state index is -2.31. The molecule has 0 rings (SSSR count). The van der Waals surface area contributed by atoms with Crippen LogP contribution >= 0.6 is 0 Å². The zero-order chi connectivity index (χ0) is 74.2. The van der Waals surface area contributed by atoms with Crippen molar-refractivity contribution >= 4 is 64.8 Å². The van der Waals surface area contributed by atoms with Crippen molar-refractivity contribution in [3.63, 3.8) is 0 Å². The van der Waals surface area contributed by atoms with Gasteiger partial charge in [0, 0.05) is 0 Å². The van der Waals surface area contributed by atoms with Crippen LogP contribution in [0.1, 0.15) is 0 Å². The number of carboxylic acids is 7. The van der Waals surface area contributed by atoms with Crippen LogP contribution in [0.3, 0.4) is 0 Å². The second kappa shape index (κ2) is 54.9. The summed E-state index contributed by atoms with van der Waals surface area (Å²) in [6.45, 7) is -5.94. The van der Waals surface area contributed by atoms with E-state index in [4.69, 9.17) is 204 Å². The summed E-state index contributed by atoms with van der Waals surface area (Å²) in [4.78, 5) is 70.4. The van der Waals surface area contributed by atoms with Crippen LogP contribution in [0, 0.1) is 0 Å². The number of carbonyl (C=O) groups is 7. The van der Waals surface area contributed by atoms with Crippen LogP contribution in [-0.2, 0) is 33.6 Å². The van der Waals surface area contributed by atoms with Gasteiger partial charge in [-0.1, -0.05) is 0 Å². The Kier molecular flexibility index (Phi) is 61.9. The molecule has 0 saturated heterocycles. The molecular formula is C42H82MgO49. The molecule has 0 aromatic heterocycles. The summed E-state index contributed by atoms with van der Waals surface area (Å²) in [7, 11) is 0. The molecule has 546 valence electrons. The largest absolute Gasteiger partial charge is 2.00 e. The number of aliphatic carboxylic acids is 7. The standard InChI is InChI=1S/7C6H12O7.Mg/c7*7-1-2(8)3(9)4(10)5(11)6(12)13;/h7*2-5,7-11H,1H2,(H,12,13);/q;;;;;;;+2/p-2/t7*2-,3-,4+,5-;/m1111111./s1. The van der Waals surface area contributed by atoms with Gasteiger partial charge in [0.25, 0.3) is 0 Å². The number of rotatable bonds is 35. The summed E-state index contributed by atoms with van der Waals surface area (Å²) in [5.74, 6) is -12.6. The predicted octanol–water partition coefficient (Wildman–Crippen LogP) is -27.5. The molecule has 0 aliphatic heterocycles. The van der Waals surface area contributed by atoms with Crippen molar-refractivity contribution in [1.82, 2.24) is 0 Å². The van der Waals surface area contributed by atoms with Gasteiger partial charge < -0.3 is 224 Å². The molecule has 28 atom stereocenters. The topological polar surface area (TPSA) is 975 Å².